The van der Waals surface area contributed by atoms with Gasteiger partial charge in [-0.05, 0) is 56.4 Å². The number of nitrogens with zero attached hydrogens (tertiary/aromatic N) is 2. The molecule has 3 saturated carbocycles. The molecule has 0 aromatic rings. The van der Waals surface area contributed by atoms with Crippen LogP contribution >= 0.6 is 0 Å². The van der Waals surface area contributed by atoms with Crippen molar-refractivity contribution in [3.8, 4) is 0 Å². The number of allylic oxidation sites excluding steroid dienone is 4. The van der Waals surface area contributed by atoms with E-state index in [0.717, 1.165) is 37.7 Å². The Balaban J connectivity index is 1.41. The second-order valence-electron chi connectivity index (χ2n) is 14.5. The number of ether oxygens (including phenoxy) is 3. The Morgan fingerprint density at radius 3 is 2.69 bits per heavy atom. The molecule has 9 atom stereocenters. The maximum absolute atomic E-state index is 12.6. The number of fused-ring (bicyclic) bond motifs is 7. The number of esters is 1. The van der Waals surface area contributed by atoms with E-state index in [0.29, 0.717) is 30.9 Å². The summed E-state index contributed by atoms with van der Waals surface area (Å²) in [6, 6.07) is 0. The first-order chi connectivity index (χ1) is 20.0. The quantitative estimate of drug-likeness (QED) is 0.191. The van der Waals surface area contributed by atoms with Gasteiger partial charge in [0.2, 0.25) is 0 Å². The number of aliphatic hydroxyl groups excluding tert-OH is 1. The first kappa shape index (κ1) is 30.0. The van der Waals surface area contributed by atoms with Crippen molar-refractivity contribution >= 4 is 17.5 Å². The van der Waals surface area contributed by atoms with Crippen molar-refractivity contribution in [1.29, 1.82) is 0 Å². The average Bonchev–Trinajstić information content (AvgIpc) is 3.44. The fraction of sp³-hybridized carbons (Fsp3) is 0.794. The highest BCUT2D eigenvalue weighted by atomic mass is 16.7. The Labute approximate surface area is 250 Å². The molecular weight excluding hydrogens is 532 g/mol. The van der Waals surface area contributed by atoms with E-state index in [-0.39, 0.29) is 53.9 Å². The first-order valence-corrected chi connectivity index (χ1v) is 16.4. The molecule has 8 heteroatoms. The van der Waals surface area contributed by atoms with Crippen molar-refractivity contribution in [2.45, 2.75) is 115 Å². The zero-order chi connectivity index (χ0) is 29.9. The van der Waals surface area contributed by atoms with Crippen molar-refractivity contribution in [3.63, 3.8) is 0 Å². The summed E-state index contributed by atoms with van der Waals surface area (Å²) in [5.74, 6) is 0.663. The molecule has 5 aliphatic carbocycles. The summed E-state index contributed by atoms with van der Waals surface area (Å²) in [6.45, 7) is 6.49. The molecule has 1 aliphatic heterocycles. The largest absolute Gasteiger partial charge is 0.459 e. The van der Waals surface area contributed by atoms with Crippen LogP contribution in [0.5, 0.6) is 0 Å². The Hall–Kier alpha value is -2.03. The number of hydrogen-bond acceptors (Lipinski definition) is 8. The normalized spacial score (nSPS) is 43.2. The van der Waals surface area contributed by atoms with Crippen LogP contribution in [0.25, 0.3) is 0 Å². The second-order valence-corrected chi connectivity index (χ2v) is 14.5. The van der Waals surface area contributed by atoms with Gasteiger partial charge in [0.1, 0.15) is 17.9 Å². The maximum atomic E-state index is 12.6. The van der Waals surface area contributed by atoms with Gasteiger partial charge in [0.15, 0.2) is 12.1 Å². The van der Waals surface area contributed by atoms with E-state index < -0.39 is 17.1 Å². The predicted molar refractivity (Wildman–Crippen MR) is 159 cm³/mol. The van der Waals surface area contributed by atoms with Crippen LogP contribution in [0.3, 0.4) is 0 Å². The van der Waals surface area contributed by atoms with E-state index in [4.69, 9.17) is 19.3 Å². The lowest BCUT2D eigenvalue weighted by Gasteiger charge is -2.59. The monoisotopic (exact) mass is 582 g/mol. The van der Waals surface area contributed by atoms with Gasteiger partial charge in [-0.25, -0.2) is 0 Å². The highest BCUT2D eigenvalue weighted by Crippen LogP contribution is 2.69. The van der Waals surface area contributed by atoms with E-state index in [1.54, 1.807) is 11.1 Å². The van der Waals surface area contributed by atoms with E-state index in [1.807, 2.05) is 21.0 Å². The molecule has 1 unspecified atom stereocenters. The molecule has 1 heterocycles. The Bertz CT molecular complexity index is 1170. The van der Waals surface area contributed by atoms with E-state index in [9.17, 15) is 14.7 Å². The van der Waals surface area contributed by atoms with Crippen LogP contribution in [0.15, 0.2) is 28.9 Å². The van der Waals surface area contributed by atoms with Gasteiger partial charge in [-0.15, -0.1) is 0 Å². The van der Waals surface area contributed by atoms with Gasteiger partial charge in [0, 0.05) is 49.6 Å². The molecular formula is C34H50N2O6. The Morgan fingerprint density at radius 1 is 1.21 bits per heavy atom. The number of rotatable bonds is 7. The van der Waals surface area contributed by atoms with Crippen LogP contribution in [0.2, 0.25) is 0 Å². The van der Waals surface area contributed by atoms with Crippen LogP contribution in [0, 0.1) is 34.5 Å². The van der Waals surface area contributed by atoms with E-state index in [1.165, 1.54) is 19.3 Å². The van der Waals surface area contributed by atoms with Crippen molar-refractivity contribution < 1.29 is 28.9 Å². The summed E-state index contributed by atoms with van der Waals surface area (Å²) in [4.78, 5) is 24.9. The summed E-state index contributed by atoms with van der Waals surface area (Å²) in [7, 11) is 3.78. The molecule has 6 aliphatic rings. The lowest BCUT2D eigenvalue weighted by molar-refractivity contribution is -0.187. The van der Waals surface area contributed by atoms with Crippen molar-refractivity contribution in [2.24, 2.45) is 39.6 Å². The minimum absolute atomic E-state index is 0.0153. The molecule has 42 heavy (non-hydrogen) atoms. The van der Waals surface area contributed by atoms with Gasteiger partial charge in [-0.2, -0.15) is 5.10 Å². The molecule has 1 N–H and O–H groups in total. The Kier molecular flexibility index (Phi) is 7.97. The van der Waals surface area contributed by atoms with Gasteiger partial charge >= 0.3 is 5.97 Å². The van der Waals surface area contributed by atoms with Crippen LogP contribution in [-0.2, 0) is 23.8 Å². The Morgan fingerprint density at radius 2 is 1.98 bits per heavy atom. The molecule has 1 saturated heterocycles. The lowest BCUT2D eigenvalue weighted by atomic mass is 9.46. The molecule has 6 rings (SSSR count). The first-order valence-electron chi connectivity index (χ1n) is 16.4. The maximum Gasteiger partial charge on any atom is 0.306 e. The fourth-order valence-corrected chi connectivity index (χ4v) is 10.0. The zero-order valence-electron chi connectivity index (χ0n) is 26.1. The summed E-state index contributed by atoms with van der Waals surface area (Å²) < 4.78 is 20.1. The summed E-state index contributed by atoms with van der Waals surface area (Å²) in [5, 5.41) is 18.9. The number of aliphatic hydroxyl groups is 1. The van der Waals surface area contributed by atoms with Gasteiger partial charge < -0.3 is 24.3 Å². The van der Waals surface area contributed by atoms with Crippen LogP contribution < -0.4 is 0 Å². The molecule has 0 amide bonds. The third-order valence-corrected chi connectivity index (χ3v) is 11.8. The van der Waals surface area contributed by atoms with E-state index >= 15 is 0 Å². The third-order valence-electron chi connectivity index (χ3n) is 11.8. The number of carbonyl (C=O) groups is 2. The SMILES string of the molecule is CCCC(=O)OCC(=NN(C)C)[C@@]12OC(C3CCCCC3)O[C@@H]1C[C@H]1[C@@H]3CC=C4CC(=O)C=C[C@]4(C)[C@H]3[C@@H](O)C[C@@]12C. The minimum Gasteiger partial charge on any atom is -0.459 e. The number of hydrazone groups is 1. The van der Waals surface area contributed by atoms with Crippen LogP contribution in [0.1, 0.15) is 91.4 Å². The average molecular weight is 583 g/mol. The molecule has 0 bridgehead atoms. The van der Waals surface area contributed by atoms with Crippen molar-refractivity contribution in [2.75, 3.05) is 20.7 Å². The smallest absolute Gasteiger partial charge is 0.306 e. The number of hydrogen-bond donors (Lipinski definition) is 1. The molecule has 0 aromatic heterocycles. The third kappa shape index (κ3) is 4.62. The van der Waals surface area contributed by atoms with Gasteiger partial charge in [0.05, 0.1) is 12.2 Å². The molecule has 0 spiro atoms. The lowest BCUT2D eigenvalue weighted by Crippen LogP contribution is -2.64. The highest BCUT2D eigenvalue weighted by molar-refractivity contribution is 5.97. The van der Waals surface area contributed by atoms with Gasteiger partial charge in [-0.3, -0.25) is 9.59 Å². The predicted octanol–water partition coefficient (Wildman–Crippen LogP) is 5.20. The molecule has 232 valence electrons. The summed E-state index contributed by atoms with van der Waals surface area (Å²) in [6.07, 6.45) is 14.4. The number of ketones is 1. The zero-order valence-corrected chi connectivity index (χ0v) is 26.1. The van der Waals surface area contributed by atoms with Gasteiger partial charge in [-0.1, -0.05) is 57.8 Å². The van der Waals surface area contributed by atoms with Crippen LogP contribution in [0.4, 0.5) is 0 Å². The molecule has 0 radical (unpaired) electrons. The number of carbonyl (C=O) groups excluding carboxylic acids is 2. The van der Waals surface area contributed by atoms with Crippen molar-refractivity contribution in [3.05, 3.63) is 23.8 Å². The standard InChI is InChI=1S/C34H50N2O6/c1-6-10-29(39)40-20-27(35-36(4)5)34-28(41-31(42-34)21-11-8-7-9-12-21)18-25-24-14-13-22-17-23(37)15-16-32(22,2)30(24)26(38)19-33(25,34)3/h13,15-16,21,24-26,28,30-31,38H,6-12,14,17-20H2,1-5H3/t24-,25-,26-,28+,30+,31?,32-,33-,34+/m0/s1. The summed E-state index contributed by atoms with van der Waals surface area (Å²) in [5.41, 5.74) is 0.104. The topological polar surface area (TPSA) is 97.7 Å². The van der Waals surface area contributed by atoms with E-state index in [2.05, 4.69) is 26.0 Å². The highest BCUT2D eigenvalue weighted by Gasteiger charge is 2.75. The molecule has 0 aromatic carbocycles. The fourth-order valence-electron chi connectivity index (χ4n) is 10.0. The minimum atomic E-state index is -0.911. The summed E-state index contributed by atoms with van der Waals surface area (Å²) >= 11 is 0. The van der Waals surface area contributed by atoms with Gasteiger partial charge in [0.25, 0.3) is 0 Å². The van der Waals surface area contributed by atoms with Crippen LogP contribution in [-0.4, -0.2) is 72.4 Å². The second kappa shape index (κ2) is 11.2. The van der Waals surface area contributed by atoms with Crippen molar-refractivity contribution in [1.82, 2.24) is 5.01 Å². The molecule has 4 fully saturated rings. The molecule has 8 nitrogen and oxygen atoms in total.